The van der Waals surface area contributed by atoms with Gasteiger partial charge in [-0.3, -0.25) is 4.79 Å². The minimum atomic E-state index is 0.522. The van der Waals surface area contributed by atoms with E-state index in [9.17, 15) is 4.79 Å². The zero-order chi connectivity index (χ0) is 20.9. The van der Waals surface area contributed by atoms with E-state index in [1.807, 2.05) is 26.0 Å². The van der Waals surface area contributed by atoms with Crippen LogP contribution in [-0.2, 0) is 16.1 Å². The molecule has 0 spiro atoms. The number of hydrogen-bond acceptors (Lipinski definition) is 5. The topological polar surface area (TPSA) is 91.4 Å². The number of ether oxygens (including phenoxy) is 1. The van der Waals surface area contributed by atoms with Gasteiger partial charge in [0.15, 0.2) is 0 Å². The number of carbonyl (C=O) groups excluding carboxylic acids is 1. The van der Waals surface area contributed by atoms with E-state index in [0.717, 1.165) is 16.8 Å². The molecule has 0 radical (unpaired) electrons. The zero-order valence-corrected chi connectivity index (χ0v) is 16.7. The third-order valence-corrected chi connectivity index (χ3v) is 3.97. The third kappa shape index (κ3) is 6.45. The van der Waals surface area contributed by atoms with Crippen LogP contribution in [0.3, 0.4) is 0 Å². The van der Waals surface area contributed by atoms with E-state index in [1.165, 1.54) is 0 Å². The maximum Gasteiger partial charge on any atom is 0.211 e. The highest BCUT2D eigenvalue weighted by atomic mass is 16.5. The minimum absolute atomic E-state index is 0.522. The molecule has 0 saturated carbocycles. The molecule has 0 bridgehead atoms. The van der Waals surface area contributed by atoms with Crippen LogP contribution in [-0.4, -0.2) is 31.6 Å². The first-order chi connectivity index (χ1) is 13.6. The SMILES string of the molecule is C=C(c1cc(N)ccc1NC=O)N(CCOC)Cc1ccc(C#N)cc1.CC. The molecule has 0 aromatic heterocycles. The average Bonchev–Trinajstić information content (AvgIpc) is 2.74. The van der Waals surface area contributed by atoms with Crippen LogP contribution >= 0.6 is 0 Å². The fourth-order valence-corrected chi connectivity index (χ4v) is 2.58. The molecular formula is C22H28N4O2. The predicted molar refractivity (Wildman–Crippen MR) is 114 cm³/mol. The molecule has 2 aromatic carbocycles. The Morgan fingerprint density at radius 2 is 1.96 bits per heavy atom. The first-order valence-corrected chi connectivity index (χ1v) is 9.11. The molecule has 6 heteroatoms. The van der Waals surface area contributed by atoms with E-state index in [-0.39, 0.29) is 0 Å². The quantitative estimate of drug-likeness (QED) is 0.509. The summed E-state index contributed by atoms with van der Waals surface area (Å²) in [6.07, 6.45) is 0.627. The molecule has 0 heterocycles. The minimum Gasteiger partial charge on any atom is -0.399 e. The Bertz CT molecular complexity index is 810. The van der Waals surface area contributed by atoms with Crippen LogP contribution in [0.15, 0.2) is 49.0 Å². The van der Waals surface area contributed by atoms with Crippen molar-refractivity contribution in [3.8, 4) is 6.07 Å². The number of nitrogens with one attached hydrogen (secondary N) is 1. The van der Waals surface area contributed by atoms with Crippen LogP contribution in [0.5, 0.6) is 0 Å². The summed E-state index contributed by atoms with van der Waals surface area (Å²) in [5.41, 5.74) is 10.3. The fourth-order valence-electron chi connectivity index (χ4n) is 2.58. The van der Waals surface area contributed by atoms with Crippen molar-refractivity contribution in [3.63, 3.8) is 0 Å². The second-order valence-electron chi connectivity index (χ2n) is 5.74. The van der Waals surface area contributed by atoms with Crippen LogP contribution in [0.2, 0.25) is 0 Å². The summed E-state index contributed by atoms with van der Waals surface area (Å²) in [5, 5.41) is 11.6. The molecule has 0 aliphatic rings. The summed E-state index contributed by atoms with van der Waals surface area (Å²) in [6.45, 7) is 9.92. The number of hydrogen-bond donors (Lipinski definition) is 2. The van der Waals surface area contributed by atoms with Gasteiger partial charge in [0.1, 0.15) is 0 Å². The Hall–Kier alpha value is -3.30. The Morgan fingerprint density at radius 3 is 2.54 bits per heavy atom. The number of benzene rings is 2. The summed E-state index contributed by atoms with van der Waals surface area (Å²) < 4.78 is 5.21. The monoisotopic (exact) mass is 380 g/mol. The number of nitrogens with two attached hydrogens (primary N) is 1. The zero-order valence-electron chi connectivity index (χ0n) is 16.7. The van der Waals surface area contributed by atoms with Crippen LogP contribution in [0.1, 0.15) is 30.5 Å². The number of nitrogen functional groups attached to an aromatic ring is 1. The second kappa shape index (κ2) is 12.2. The van der Waals surface area contributed by atoms with Gasteiger partial charge < -0.3 is 20.7 Å². The highest BCUT2D eigenvalue weighted by molar-refractivity contribution is 5.83. The van der Waals surface area contributed by atoms with Gasteiger partial charge >= 0.3 is 0 Å². The lowest BCUT2D eigenvalue weighted by molar-refractivity contribution is -0.105. The second-order valence-corrected chi connectivity index (χ2v) is 5.74. The Labute approximate surface area is 167 Å². The molecule has 6 nitrogen and oxygen atoms in total. The number of anilines is 2. The van der Waals surface area contributed by atoms with E-state index in [0.29, 0.717) is 43.0 Å². The van der Waals surface area contributed by atoms with E-state index >= 15 is 0 Å². The van der Waals surface area contributed by atoms with E-state index < -0.39 is 0 Å². The van der Waals surface area contributed by atoms with Crippen molar-refractivity contribution in [2.75, 3.05) is 31.3 Å². The van der Waals surface area contributed by atoms with Gasteiger partial charge in [-0.15, -0.1) is 0 Å². The van der Waals surface area contributed by atoms with Crippen LogP contribution in [0, 0.1) is 11.3 Å². The third-order valence-electron chi connectivity index (χ3n) is 3.97. The number of methoxy groups -OCH3 is 1. The molecule has 0 fully saturated rings. The number of nitrogens with zero attached hydrogens (tertiary/aromatic N) is 2. The van der Waals surface area contributed by atoms with Crippen molar-refractivity contribution < 1.29 is 9.53 Å². The molecule has 28 heavy (non-hydrogen) atoms. The van der Waals surface area contributed by atoms with Gasteiger partial charge in [0.25, 0.3) is 0 Å². The predicted octanol–water partition coefficient (Wildman–Crippen LogP) is 3.85. The largest absolute Gasteiger partial charge is 0.399 e. The van der Waals surface area contributed by atoms with Crippen molar-refractivity contribution in [1.82, 2.24) is 4.90 Å². The molecular weight excluding hydrogens is 352 g/mol. The van der Waals surface area contributed by atoms with Gasteiger partial charge in [0, 0.05) is 42.8 Å². The van der Waals surface area contributed by atoms with E-state index in [4.69, 9.17) is 15.7 Å². The summed E-state index contributed by atoms with van der Waals surface area (Å²) >= 11 is 0. The van der Waals surface area contributed by atoms with Crippen LogP contribution in [0.25, 0.3) is 5.70 Å². The van der Waals surface area contributed by atoms with Crippen molar-refractivity contribution in [3.05, 3.63) is 65.7 Å². The highest BCUT2D eigenvalue weighted by Crippen LogP contribution is 2.28. The van der Waals surface area contributed by atoms with Gasteiger partial charge in [-0.2, -0.15) is 5.26 Å². The normalized spacial score (nSPS) is 9.50. The maximum absolute atomic E-state index is 10.9. The highest BCUT2D eigenvalue weighted by Gasteiger charge is 2.14. The van der Waals surface area contributed by atoms with Crippen LogP contribution in [0.4, 0.5) is 11.4 Å². The summed E-state index contributed by atoms with van der Waals surface area (Å²) in [5.74, 6) is 0. The Kier molecular flexibility index (Phi) is 9.87. The smallest absolute Gasteiger partial charge is 0.211 e. The lowest BCUT2D eigenvalue weighted by atomic mass is 10.1. The molecule has 0 saturated heterocycles. The van der Waals surface area contributed by atoms with Crippen LogP contribution < -0.4 is 11.1 Å². The molecule has 0 aliphatic heterocycles. The molecule has 1 amide bonds. The van der Waals surface area contributed by atoms with Gasteiger partial charge in [-0.05, 0) is 35.9 Å². The van der Waals surface area contributed by atoms with E-state index in [2.05, 4.69) is 22.9 Å². The van der Waals surface area contributed by atoms with Gasteiger partial charge in [-0.1, -0.05) is 32.6 Å². The van der Waals surface area contributed by atoms with Crippen molar-refractivity contribution in [2.45, 2.75) is 20.4 Å². The number of rotatable bonds is 9. The maximum atomic E-state index is 10.9. The molecule has 0 atom stereocenters. The van der Waals surface area contributed by atoms with Gasteiger partial charge in [0.05, 0.1) is 18.2 Å². The van der Waals surface area contributed by atoms with Gasteiger partial charge in [-0.25, -0.2) is 0 Å². The standard InChI is InChI=1S/C20H22N4O2.C2H6/c1-15(19-11-18(22)7-8-20(19)23-14-25)24(9-10-26-2)13-17-5-3-16(12-21)4-6-17;1-2/h3-8,11,14H,1,9-10,13,22H2,2H3,(H,23,25);1-2H3. The summed E-state index contributed by atoms with van der Waals surface area (Å²) in [7, 11) is 1.64. The molecule has 148 valence electrons. The van der Waals surface area contributed by atoms with E-state index in [1.54, 1.807) is 37.4 Å². The summed E-state index contributed by atoms with van der Waals surface area (Å²) in [6, 6.07) is 14.8. The number of carbonyl (C=O) groups is 1. The Balaban J connectivity index is 0.00000190. The van der Waals surface area contributed by atoms with Gasteiger partial charge in [0.2, 0.25) is 6.41 Å². The molecule has 3 N–H and O–H groups in total. The molecule has 2 aromatic rings. The average molecular weight is 380 g/mol. The van der Waals surface area contributed by atoms with Crippen molar-refractivity contribution >= 4 is 23.5 Å². The number of nitriles is 1. The van der Waals surface area contributed by atoms with Crippen molar-refractivity contribution in [1.29, 1.82) is 5.26 Å². The first-order valence-electron chi connectivity index (χ1n) is 9.11. The summed E-state index contributed by atoms with van der Waals surface area (Å²) in [4.78, 5) is 12.9. The molecule has 2 rings (SSSR count). The lowest BCUT2D eigenvalue weighted by Gasteiger charge is -2.28. The van der Waals surface area contributed by atoms with Crippen molar-refractivity contribution in [2.24, 2.45) is 0 Å². The fraction of sp³-hybridized carbons (Fsp3) is 0.273. The molecule has 0 unspecified atom stereocenters. The first kappa shape index (κ1) is 22.7. The number of amides is 1. The molecule has 0 aliphatic carbocycles. The Morgan fingerprint density at radius 1 is 1.29 bits per heavy atom. The lowest BCUT2D eigenvalue weighted by Crippen LogP contribution is -2.25.